The normalized spacial score (nSPS) is 22.0. The van der Waals surface area contributed by atoms with E-state index < -0.39 is 5.54 Å². The summed E-state index contributed by atoms with van der Waals surface area (Å²) in [5.41, 5.74) is 1.16. The number of rotatable bonds is 3. The maximum Gasteiger partial charge on any atom is 0.244 e. The molecule has 0 saturated carbocycles. The van der Waals surface area contributed by atoms with Gasteiger partial charge in [-0.2, -0.15) is 5.10 Å². The van der Waals surface area contributed by atoms with Crippen LogP contribution in [0.1, 0.15) is 26.2 Å². The molecule has 1 aromatic heterocycles. The third-order valence-electron chi connectivity index (χ3n) is 4.02. The van der Waals surface area contributed by atoms with Crippen molar-refractivity contribution in [1.82, 2.24) is 15.1 Å². The number of nitrogens with one attached hydrogen (secondary N) is 2. The molecule has 2 N–H and O–H groups in total. The first-order valence-electron chi connectivity index (χ1n) is 7.35. The Labute approximate surface area is 124 Å². The van der Waals surface area contributed by atoms with Crippen molar-refractivity contribution in [1.29, 1.82) is 0 Å². The van der Waals surface area contributed by atoms with Gasteiger partial charge in [0.25, 0.3) is 0 Å². The Hall–Kier alpha value is -2.14. The van der Waals surface area contributed by atoms with Gasteiger partial charge in [-0.3, -0.25) is 4.79 Å². The zero-order chi connectivity index (χ0) is 14.7. The smallest absolute Gasteiger partial charge is 0.244 e. The molecule has 5 nitrogen and oxygen atoms in total. The van der Waals surface area contributed by atoms with Crippen LogP contribution in [0.2, 0.25) is 0 Å². The van der Waals surface area contributed by atoms with Gasteiger partial charge in [0.1, 0.15) is 0 Å². The Morgan fingerprint density at radius 2 is 2.19 bits per heavy atom. The highest BCUT2D eigenvalue weighted by Gasteiger charge is 2.34. The minimum atomic E-state index is -0.491. The second-order valence-corrected chi connectivity index (χ2v) is 5.64. The lowest BCUT2D eigenvalue weighted by Gasteiger charge is -2.33. The monoisotopic (exact) mass is 284 g/mol. The van der Waals surface area contributed by atoms with E-state index in [0.717, 1.165) is 37.2 Å². The third-order valence-corrected chi connectivity index (χ3v) is 4.02. The quantitative estimate of drug-likeness (QED) is 0.909. The topological polar surface area (TPSA) is 59.0 Å². The number of hydrogen-bond donors (Lipinski definition) is 2. The minimum absolute atomic E-state index is 0.0156. The van der Waals surface area contributed by atoms with Crippen LogP contribution in [0.5, 0.6) is 0 Å². The molecule has 2 aromatic rings. The Kier molecular flexibility index (Phi) is 3.75. The van der Waals surface area contributed by atoms with Gasteiger partial charge in [0.05, 0.1) is 16.9 Å². The first kappa shape index (κ1) is 13.8. The highest BCUT2D eigenvalue weighted by molar-refractivity contribution is 5.99. The van der Waals surface area contributed by atoms with Gasteiger partial charge < -0.3 is 10.6 Å². The average Bonchev–Trinajstić information content (AvgIpc) is 3.02. The molecule has 1 aliphatic rings. The van der Waals surface area contributed by atoms with Gasteiger partial charge in [-0.1, -0.05) is 12.1 Å². The largest absolute Gasteiger partial charge is 0.323 e. The van der Waals surface area contributed by atoms with Gasteiger partial charge in [-0.15, -0.1) is 0 Å². The number of aromatic nitrogens is 2. The predicted octanol–water partition coefficient (Wildman–Crippen LogP) is 2.34. The average molecular weight is 284 g/mol. The lowest BCUT2D eigenvalue weighted by atomic mass is 9.90. The van der Waals surface area contributed by atoms with Crippen LogP contribution in [0.25, 0.3) is 5.69 Å². The van der Waals surface area contributed by atoms with E-state index in [1.54, 1.807) is 10.9 Å². The SMILES string of the molecule is CC1(C(=O)Nc2ccccc2-n2cccn2)CCCCN1. The van der Waals surface area contributed by atoms with Gasteiger partial charge in [0.2, 0.25) is 5.91 Å². The fourth-order valence-corrected chi connectivity index (χ4v) is 2.70. The standard InChI is InChI=1S/C16H20N4O/c1-16(9-4-5-10-17-16)15(21)19-13-7-2-3-8-14(13)20-12-6-11-18-20/h2-3,6-8,11-12,17H,4-5,9-10H2,1H3,(H,19,21). The first-order valence-corrected chi connectivity index (χ1v) is 7.35. The maximum absolute atomic E-state index is 12.6. The Morgan fingerprint density at radius 3 is 2.90 bits per heavy atom. The molecular formula is C16H20N4O. The van der Waals surface area contributed by atoms with E-state index >= 15 is 0 Å². The van der Waals surface area contributed by atoms with Crippen molar-refractivity contribution < 1.29 is 4.79 Å². The van der Waals surface area contributed by atoms with Gasteiger partial charge in [-0.25, -0.2) is 4.68 Å². The van der Waals surface area contributed by atoms with E-state index in [0.29, 0.717) is 0 Å². The molecule has 1 aromatic carbocycles. The molecule has 21 heavy (non-hydrogen) atoms. The Balaban J connectivity index is 1.83. The Morgan fingerprint density at radius 1 is 1.33 bits per heavy atom. The van der Waals surface area contributed by atoms with Crippen LogP contribution in [0.3, 0.4) is 0 Å². The van der Waals surface area contributed by atoms with Crippen LogP contribution in [0, 0.1) is 0 Å². The van der Waals surface area contributed by atoms with Crippen molar-refractivity contribution in [2.45, 2.75) is 31.7 Å². The molecule has 1 fully saturated rings. The number of benzene rings is 1. The lowest BCUT2D eigenvalue weighted by molar-refractivity contribution is -0.122. The van der Waals surface area contributed by atoms with E-state index in [4.69, 9.17) is 0 Å². The summed E-state index contributed by atoms with van der Waals surface area (Å²) in [5, 5.41) is 10.6. The fraction of sp³-hybridized carbons (Fsp3) is 0.375. The highest BCUT2D eigenvalue weighted by Crippen LogP contribution is 2.24. The summed E-state index contributed by atoms with van der Waals surface area (Å²) in [4.78, 5) is 12.6. The summed E-state index contributed by atoms with van der Waals surface area (Å²) in [6.45, 7) is 2.86. The number of anilines is 1. The van der Waals surface area contributed by atoms with Crippen LogP contribution < -0.4 is 10.6 Å². The molecule has 1 unspecified atom stereocenters. The molecule has 2 heterocycles. The maximum atomic E-state index is 12.6. The molecule has 1 aliphatic heterocycles. The second-order valence-electron chi connectivity index (χ2n) is 5.64. The number of nitrogens with zero attached hydrogens (tertiary/aromatic N) is 2. The first-order chi connectivity index (χ1) is 10.2. The summed E-state index contributed by atoms with van der Waals surface area (Å²) >= 11 is 0. The number of carbonyl (C=O) groups is 1. The van der Waals surface area contributed by atoms with Crippen molar-refractivity contribution >= 4 is 11.6 Å². The van der Waals surface area contributed by atoms with Gasteiger partial charge in [-0.05, 0) is 50.9 Å². The van der Waals surface area contributed by atoms with E-state index in [1.807, 2.05) is 43.5 Å². The molecule has 5 heteroatoms. The molecule has 110 valence electrons. The molecule has 1 amide bonds. The van der Waals surface area contributed by atoms with Crippen molar-refractivity contribution in [2.75, 3.05) is 11.9 Å². The van der Waals surface area contributed by atoms with Gasteiger partial charge >= 0.3 is 0 Å². The number of amides is 1. The number of para-hydroxylation sites is 2. The second kappa shape index (κ2) is 5.69. The molecule has 1 saturated heterocycles. The van der Waals surface area contributed by atoms with Crippen molar-refractivity contribution in [3.63, 3.8) is 0 Å². The van der Waals surface area contributed by atoms with Crippen LogP contribution in [0.4, 0.5) is 5.69 Å². The minimum Gasteiger partial charge on any atom is -0.323 e. The molecule has 0 aliphatic carbocycles. The fourth-order valence-electron chi connectivity index (χ4n) is 2.70. The predicted molar refractivity (Wildman–Crippen MR) is 82.5 cm³/mol. The van der Waals surface area contributed by atoms with E-state index in [9.17, 15) is 4.79 Å². The summed E-state index contributed by atoms with van der Waals surface area (Å²) in [6, 6.07) is 9.56. The van der Waals surface area contributed by atoms with Crippen LogP contribution in [-0.2, 0) is 4.79 Å². The van der Waals surface area contributed by atoms with E-state index in [1.165, 1.54) is 0 Å². The number of hydrogen-bond acceptors (Lipinski definition) is 3. The van der Waals surface area contributed by atoms with Crippen molar-refractivity contribution in [3.8, 4) is 5.69 Å². The van der Waals surface area contributed by atoms with Crippen molar-refractivity contribution in [3.05, 3.63) is 42.7 Å². The molecule has 0 bridgehead atoms. The van der Waals surface area contributed by atoms with Crippen LogP contribution in [-0.4, -0.2) is 27.8 Å². The molecular weight excluding hydrogens is 264 g/mol. The summed E-state index contributed by atoms with van der Waals surface area (Å²) in [6.07, 6.45) is 6.67. The van der Waals surface area contributed by atoms with E-state index in [2.05, 4.69) is 15.7 Å². The van der Waals surface area contributed by atoms with Gasteiger partial charge in [0, 0.05) is 12.4 Å². The number of carbonyl (C=O) groups excluding carboxylic acids is 1. The zero-order valence-electron chi connectivity index (χ0n) is 12.2. The Bertz CT molecular complexity index is 615. The zero-order valence-corrected chi connectivity index (χ0v) is 12.2. The highest BCUT2D eigenvalue weighted by atomic mass is 16.2. The molecule has 0 radical (unpaired) electrons. The van der Waals surface area contributed by atoms with E-state index in [-0.39, 0.29) is 5.91 Å². The van der Waals surface area contributed by atoms with Crippen molar-refractivity contribution in [2.24, 2.45) is 0 Å². The molecule has 3 rings (SSSR count). The third kappa shape index (κ3) is 2.83. The van der Waals surface area contributed by atoms with Gasteiger partial charge in [0.15, 0.2) is 0 Å². The number of piperidine rings is 1. The summed E-state index contributed by atoms with van der Waals surface area (Å²) < 4.78 is 1.76. The summed E-state index contributed by atoms with van der Waals surface area (Å²) in [7, 11) is 0. The van der Waals surface area contributed by atoms with Crippen LogP contribution >= 0.6 is 0 Å². The summed E-state index contributed by atoms with van der Waals surface area (Å²) in [5.74, 6) is 0.0156. The van der Waals surface area contributed by atoms with Crippen LogP contribution in [0.15, 0.2) is 42.7 Å². The molecule has 0 spiro atoms. The lowest BCUT2D eigenvalue weighted by Crippen LogP contribution is -2.54. The molecule has 1 atom stereocenters.